The lowest BCUT2D eigenvalue weighted by Crippen LogP contribution is -2.17. The first-order chi connectivity index (χ1) is 9.92. The van der Waals surface area contributed by atoms with Gasteiger partial charge in [0.05, 0.1) is 13.3 Å². The van der Waals surface area contributed by atoms with Crippen molar-refractivity contribution in [3.8, 4) is 11.5 Å². The maximum Gasteiger partial charge on any atom is 0.427 e. The number of hydrogen-bond donors (Lipinski definition) is 1. The summed E-state index contributed by atoms with van der Waals surface area (Å²) in [6, 6.07) is 3.10. The number of ether oxygens (including phenoxy) is 3. The molecule has 0 bridgehead atoms. The minimum Gasteiger partial charge on any atom is -0.452 e. The van der Waals surface area contributed by atoms with Crippen LogP contribution in [0.1, 0.15) is 5.56 Å². The number of hydrazone groups is 1. The summed E-state index contributed by atoms with van der Waals surface area (Å²) in [6.07, 6.45) is 0.0982. The summed E-state index contributed by atoms with van der Waals surface area (Å²) >= 11 is 0. The fourth-order valence-electron chi connectivity index (χ4n) is 1.20. The fraction of sp³-hybridized carbons (Fsp3) is 0.273. The smallest absolute Gasteiger partial charge is 0.427 e. The van der Waals surface area contributed by atoms with Crippen LogP contribution in [-0.4, -0.2) is 32.6 Å². The zero-order chi connectivity index (χ0) is 15.8. The molecule has 0 aliphatic rings. The van der Waals surface area contributed by atoms with E-state index in [2.05, 4.69) is 19.3 Å². The lowest BCUT2D eigenvalue weighted by atomic mass is 10.2. The third-order valence-electron chi connectivity index (χ3n) is 1.97. The Bertz CT molecular complexity index is 511. The van der Waals surface area contributed by atoms with Crippen LogP contribution in [0.4, 0.5) is 22.4 Å². The summed E-state index contributed by atoms with van der Waals surface area (Å²) in [4.78, 5) is 10.7. The highest BCUT2D eigenvalue weighted by Crippen LogP contribution is 2.26. The third kappa shape index (κ3) is 5.97. The Morgan fingerprint density at radius 1 is 1.24 bits per heavy atom. The molecule has 0 saturated carbocycles. The molecule has 1 rings (SSSR count). The van der Waals surface area contributed by atoms with Crippen LogP contribution in [0.25, 0.3) is 0 Å². The molecule has 0 heterocycles. The van der Waals surface area contributed by atoms with Gasteiger partial charge in [0, 0.05) is 11.6 Å². The predicted octanol–water partition coefficient (Wildman–Crippen LogP) is 2.58. The van der Waals surface area contributed by atoms with Gasteiger partial charge in [-0.1, -0.05) is 0 Å². The van der Waals surface area contributed by atoms with Crippen molar-refractivity contribution in [2.75, 3.05) is 7.11 Å². The first-order valence-corrected chi connectivity index (χ1v) is 5.33. The molecule has 0 saturated heterocycles. The lowest BCUT2D eigenvalue weighted by Gasteiger charge is -2.10. The second kappa shape index (κ2) is 7.92. The van der Waals surface area contributed by atoms with Crippen LogP contribution in [0.2, 0.25) is 0 Å². The van der Waals surface area contributed by atoms with E-state index in [1.165, 1.54) is 0 Å². The maximum absolute atomic E-state index is 12.3. The number of hydrogen-bond acceptors (Lipinski definition) is 5. The van der Waals surface area contributed by atoms with Crippen molar-refractivity contribution < 1.29 is 36.6 Å². The van der Waals surface area contributed by atoms with Crippen LogP contribution in [0.3, 0.4) is 0 Å². The second-order valence-electron chi connectivity index (χ2n) is 3.32. The largest absolute Gasteiger partial charge is 0.452 e. The Balaban J connectivity index is 2.93. The molecule has 0 radical (unpaired) electrons. The summed E-state index contributed by atoms with van der Waals surface area (Å²) in [5, 5.41) is 3.41. The van der Waals surface area contributed by atoms with Gasteiger partial charge in [-0.25, -0.2) is 10.2 Å². The summed E-state index contributed by atoms with van der Waals surface area (Å²) in [5.74, 6) is -0.808. The molecule has 0 aliphatic carbocycles. The van der Waals surface area contributed by atoms with Gasteiger partial charge in [-0.15, -0.1) is 0 Å². The molecule has 0 fully saturated rings. The predicted molar refractivity (Wildman–Crippen MR) is 62.8 cm³/mol. The van der Waals surface area contributed by atoms with E-state index >= 15 is 0 Å². The van der Waals surface area contributed by atoms with Crippen LogP contribution in [0, 0.1) is 0 Å². The molecule has 0 spiro atoms. The van der Waals surface area contributed by atoms with Gasteiger partial charge >= 0.3 is 19.3 Å². The molecule has 116 valence electrons. The zero-order valence-electron chi connectivity index (χ0n) is 10.6. The Hall–Kier alpha value is -2.52. The summed E-state index contributed by atoms with van der Waals surface area (Å²) < 4.78 is 61.0. The molecule has 0 unspecified atom stereocenters. The van der Waals surface area contributed by atoms with Gasteiger partial charge in [-0.3, -0.25) is 0 Å². The number of halogens is 4. The van der Waals surface area contributed by atoms with Crippen LogP contribution in [0.5, 0.6) is 11.5 Å². The highest BCUT2D eigenvalue weighted by Gasteiger charge is 2.12. The highest BCUT2D eigenvalue weighted by atomic mass is 19.3. The van der Waals surface area contributed by atoms with Gasteiger partial charge in [-0.05, 0) is 12.1 Å². The van der Waals surface area contributed by atoms with E-state index in [0.717, 1.165) is 31.5 Å². The summed E-state index contributed by atoms with van der Waals surface area (Å²) in [5.41, 5.74) is 1.93. The van der Waals surface area contributed by atoms with Crippen molar-refractivity contribution in [1.82, 2.24) is 5.43 Å². The number of alkyl halides is 4. The molecular weight excluding hydrogens is 300 g/mol. The van der Waals surface area contributed by atoms with E-state index in [0.29, 0.717) is 0 Å². The second-order valence-corrected chi connectivity index (χ2v) is 3.32. The van der Waals surface area contributed by atoms with Crippen molar-refractivity contribution in [2.45, 2.75) is 13.2 Å². The molecule has 0 atom stereocenters. The number of amides is 1. The molecular formula is C11H10F4N2O4. The van der Waals surface area contributed by atoms with E-state index in [-0.39, 0.29) is 11.3 Å². The highest BCUT2D eigenvalue weighted by molar-refractivity contribution is 5.84. The van der Waals surface area contributed by atoms with Crippen molar-refractivity contribution >= 4 is 12.3 Å². The number of benzene rings is 1. The Kier molecular flexibility index (Phi) is 6.24. The molecule has 6 nitrogen and oxygen atoms in total. The topological polar surface area (TPSA) is 69.2 Å². The average molecular weight is 310 g/mol. The Morgan fingerprint density at radius 2 is 1.90 bits per heavy atom. The quantitative estimate of drug-likeness (QED) is 0.498. The first kappa shape index (κ1) is 16.5. The Labute approximate surface area is 116 Å². The van der Waals surface area contributed by atoms with Crippen molar-refractivity contribution in [1.29, 1.82) is 0 Å². The zero-order valence-corrected chi connectivity index (χ0v) is 10.6. The molecule has 10 heteroatoms. The SMILES string of the molecule is COC(=O)N/N=C\c1ccc(OC(F)F)cc1OC(F)F. The van der Waals surface area contributed by atoms with Crippen LogP contribution < -0.4 is 14.9 Å². The molecule has 1 amide bonds. The number of rotatable bonds is 6. The average Bonchev–Trinajstić information content (AvgIpc) is 2.39. The number of nitrogens with one attached hydrogen (secondary N) is 1. The minimum absolute atomic E-state index is 0.00770. The molecule has 1 aromatic rings. The van der Waals surface area contributed by atoms with Crippen molar-refractivity contribution in [3.63, 3.8) is 0 Å². The van der Waals surface area contributed by atoms with Gasteiger partial charge in [-0.2, -0.15) is 22.7 Å². The standard InChI is InChI=1S/C11H10F4N2O4/c1-19-11(18)17-16-5-6-2-3-7(20-9(12)13)4-8(6)21-10(14)15/h2-5,9-10H,1H3,(H,17,18)/b16-5-. The summed E-state index contributed by atoms with van der Waals surface area (Å²) in [6.45, 7) is -6.28. The third-order valence-corrected chi connectivity index (χ3v) is 1.97. The van der Waals surface area contributed by atoms with Gasteiger partial charge in [0.2, 0.25) is 0 Å². The van der Waals surface area contributed by atoms with E-state index in [9.17, 15) is 22.4 Å². The fourth-order valence-corrected chi connectivity index (χ4v) is 1.20. The van der Waals surface area contributed by atoms with E-state index in [1.807, 2.05) is 5.43 Å². The lowest BCUT2D eigenvalue weighted by molar-refractivity contribution is -0.0543. The normalized spacial score (nSPS) is 11.0. The number of nitrogens with zero attached hydrogens (tertiary/aromatic N) is 1. The van der Waals surface area contributed by atoms with E-state index in [1.54, 1.807) is 0 Å². The van der Waals surface area contributed by atoms with Crippen LogP contribution >= 0.6 is 0 Å². The molecule has 1 N–H and O–H groups in total. The first-order valence-electron chi connectivity index (χ1n) is 5.33. The van der Waals surface area contributed by atoms with E-state index < -0.39 is 25.1 Å². The molecule has 21 heavy (non-hydrogen) atoms. The number of carbonyl (C=O) groups excluding carboxylic acids is 1. The molecule has 0 aliphatic heterocycles. The van der Waals surface area contributed by atoms with Gasteiger partial charge in [0.25, 0.3) is 0 Å². The number of methoxy groups -OCH3 is 1. The van der Waals surface area contributed by atoms with Crippen molar-refractivity contribution in [3.05, 3.63) is 23.8 Å². The monoisotopic (exact) mass is 310 g/mol. The van der Waals surface area contributed by atoms with Gasteiger partial charge < -0.3 is 14.2 Å². The Morgan fingerprint density at radius 3 is 2.48 bits per heavy atom. The maximum atomic E-state index is 12.3. The minimum atomic E-state index is -3.17. The molecule has 0 aromatic heterocycles. The van der Waals surface area contributed by atoms with Gasteiger partial charge in [0.1, 0.15) is 11.5 Å². The molecule has 1 aromatic carbocycles. The van der Waals surface area contributed by atoms with Crippen LogP contribution in [0.15, 0.2) is 23.3 Å². The summed E-state index contributed by atoms with van der Waals surface area (Å²) in [7, 11) is 1.10. The van der Waals surface area contributed by atoms with Gasteiger partial charge in [0.15, 0.2) is 0 Å². The van der Waals surface area contributed by atoms with Crippen molar-refractivity contribution in [2.24, 2.45) is 5.10 Å². The van der Waals surface area contributed by atoms with E-state index in [4.69, 9.17) is 0 Å². The van der Waals surface area contributed by atoms with Crippen LogP contribution in [-0.2, 0) is 4.74 Å². The number of carbonyl (C=O) groups is 1.